The third-order valence-electron chi connectivity index (χ3n) is 3.15. The van der Waals surface area contributed by atoms with E-state index in [1.54, 1.807) is 0 Å². The molecule has 0 unspecified atom stereocenters. The Hall–Kier alpha value is -1.29. The molecule has 0 amide bonds. The van der Waals surface area contributed by atoms with Gasteiger partial charge in [-0.3, -0.25) is 4.98 Å². The number of rotatable bonds is 3. The summed E-state index contributed by atoms with van der Waals surface area (Å²) in [7, 11) is 0. The van der Waals surface area contributed by atoms with E-state index in [-0.39, 0.29) is 0 Å². The van der Waals surface area contributed by atoms with E-state index in [0.717, 1.165) is 16.8 Å². The van der Waals surface area contributed by atoms with Crippen LogP contribution in [0.4, 0.5) is 0 Å². The van der Waals surface area contributed by atoms with Crippen LogP contribution in [0.5, 0.6) is 0 Å². The van der Waals surface area contributed by atoms with Crippen LogP contribution in [0.15, 0.2) is 24.5 Å². The molecule has 0 bridgehead atoms. The van der Waals surface area contributed by atoms with Crippen LogP contribution >= 0.6 is 15.9 Å². The zero-order chi connectivity index (χ0) is 12.5. The minimum Gasteiger partial charge on any atom is -0.253 e. The first kappa shape index (κ1) is 11.8. The molecule has 0 atom stereocenters. The Labute approximate surface area is 115 Å². The summed E-state index contributed by atoms with van der Waals surface area (Å²) in [6, 6.07) is 4.01. The number of aryl methyl sites for hydroxylation is 1. The normalized spacial score (nSPS) is 14.8. The van der Waals surface area contributed by atoms with E-state index < -0.39 is 0 Å². The Morgan fingerprint density at radius 1 is 1.33 bits per heavy atom. The molecule has 92 valence electrons. The van der Waals surface area contributed by atoms with Crippen LogP contribution in [0.2, 0.25) is 0 Å². The van der Waals surface area contributed by atoms with Crippen LogP contribution in [-0.4, -0.2) is 15.0 Å². The molecule has 18 heavy (non-hydrogen) atoms. The average molecular weight is 304 g/mol. The van der Waals surface area contributed by atoms with E-state index in [1.165, 1.54) is 29.7 Å². The number of halogens is 1. The Kier molecular flexibility index (Phi) is 3.12. The summed E-state index contributed by atoms with van der Waals surface area (Å²) in [5.74, 6) is 1.37. The zero-order valence-electron chi connectivity index (χ0n) is 10.2. The topological polar surface area (TPSA) is 38.7 Å². The summed E-state index contributed by atoms with van der Waals surface area (Å²) in [4.78, 5) is 13.5. The van der Waals surface area contributed by atoms with Crippen LogP contribution < -0.4 is 0 Å². The van der Waals surface area contributed by atoms with Gasteiger partial charge in [0.1, 0.15) is 5.69 Å². The number of nitrogens with zero attached hydrogens (tertiary/aromatic N) is 3. The molecule has 0 spiro atoms. The van der Waals surface area contributed by atoms with Gasteiger partial charge in [-0.05, 0) is 37.5 Å². The lowest BCUT2D eigenvalue weighted by Gasteiger charge is -2.07. The molecule has 0 aromatic carbocycles. The van der Waals surface area contributed by atoms with Gasteiger partial charge >= 0.3 is 0 Å². The summed E-state index contributed by atoms with van der Waals surface area (Å²) in [5, 5.41) is 0.820. The Bertz CT molecular complexity index is 579. The van der Waals surface area contributed by atoms with E-state index in [2.05, 4.69) is 32.8 Å². The fourth-order valence-corrected chi connectivity index (χ4v) is 2.45. The van der Waals surface area contributed by atoms with Gasteiger partial charge in [0.05, 0.1) is 5.69 Å². The average Bonchev–Trinajstić information content (AvgIpc) is 3.22. The first-order chi connectivity index (χ1) is 8.78. The van der Waals surface area contributed by atoms with Crippen molar-refractivity contribution in [2.45, 2.75) is 31.0 Å². The molecule has 0 radical (unpaired) electrons. The van der Waals surface area contributed by atoms with Crippen molar-refractivity contribution in [1.29, 1.82) is 0 Å². The smallest absolute Gasteiger partial charge is 0.178 e. The molecule has 2 aromatic rings. The Morgan fingerprint density at radius 3 is 2.83 bits per heavy atom. The maximum absolute atomic E-state index is 4.71. The second kappa shape index (κ2) is 4.76. The minimum atomic E-state index is 0.629. The van der Waals surface area contributed by atoms with E-state index >= 15 is 0 Å². The fourth-order valence-electron chi connectivity index (χ4n) is 2.02. The predicted molar refractivity (Wildman–Crippen MR) is 74.6 cm³/mol. The molecule has 4 heteroatoms. The molecule has 0 N–H and O–H groups in total. The molecule has 3 nitrogen and oxygen atoms in total. The van der Waals surface area contributed by atoms with Crippen molar-refractivity contribution in [1.82, 2.24) is 15.0 Å². The van der Waals surface area contributed by atoms with Gasteiger partial charge in [0, 0.05) is 29.2 Å². The van der Waals surface area contributed by atoms with Crippen molar-refractivity contribution in [3.8, 4) is 11.5 Å². The molecular weight excluding hydrogens is 290 g/mol. The number of pyridine rings is 1. The van der Waals surface area contributed by atoms with Gasteiger partial charge in [-0.2, -0.15) is 0 Å². The van der Waals surface area contributed by atoms with Gasteiger partial charge in [-0.25, -0.2) is 9.97 Å². The molecule has 1 fully saturated rings. The highest BCUT2D eigenvalue weighted by molar-refractivity contribution is 9.08. The maximum Gasteiger partial charge on any atom is 0.178 e. The van der Waals surface area contributed by atoms with E-state index in [1.807, 2.05) is 24.5 Å². The SMILES string of the molecule is Cc1ccnc(-c2ncc(CBr)c(C3CC3)n2)c1. The first-order valence-electron chi connectivity index (χ1n) is 6.12. The monoisotopic (exact) mass is 303 g/mol. The first-order valence-corrected chi connectivity index (χ1v) is 7.25. The lowest BCUT2D eigenvalue weighted by molar-refractivity contribution is 0.956. The van der Waals surface area contributed by atoms with Gasteiger partial charge in [-0.15, -0.1) is 0 Å². The number of hydrogen-bond acceptors (Lipinski definition) is 3. The molecule has 0 saturated heterocycles. The highest BCUT2D eigenvalue weighted by Gasteiger charge is 2.28. The van der Waals surface area contributed by atoms with E-state index in [0.29, 0.717) is 5.92 Å². The van der Waals surface area contributed by atoms with E-state index in [4.69, 9.17) is 4.98 Å². The summed E-state index contributed by atoms with van der Waals surface area (Å²) in [6.45, 7) is 2.06. The van der Waals surface area contributed by atoms with Crippen LogP contribution in [0.25, 0.3) is 11.5 Å². The predicted octanol–water partition coefficient (Wildman–Crippen LogP) is 3.62. The van der Waals surface area contributed by atoms with E-state index in [9.17, 15) is 0 Å². The third-order valence-corrected chi connectivity index (χ3v) is 3.75. The largest absolute Gasteiger partial charge is 0.253 e. The van der Waals surface area contributed by atoms with Crippen molar-refractivity contribution in [3.05, 3.63) is 41.3 Å². The van der Waals surface area contributed by atoms with Gasteiger partial charge in [0.25, 0.3) is 0 Å². The van der Waals surface area contributed by atoms with Gasteiger partial charge in [0.15, 0.2) is 5.82 Å². The Balaban J connectivity index is 2.05. The molecule has 1 aliphatic rings. The van der Waals surface area contributed by atoms with Crippen molar-refractivity contribution in [2.75, 3.05) is 0 Å². The molecule has 0 aliphatic heterocycles. The summed E-state index contributed by atoms with van der Waals surface area (Å²) < 4.78 is 0. The van der Waals surface area contributed by atoms with Crippen molar-refractivity contribution >= 4 is 15.9 Å². The lowest BCUT2D eigenvalue weighted by atomic mass is 10.1. The quantitative estimate of drug-likeness (QED) is 0.813. The second-order valence-corrected chi connectivity index (χ2v) is 5.29. The highest BCUT2D eigenvalue weighted by Crippen LogP contribution is 2.41. The number of hydrogen-bond donors (Lipinski definition) is 0. The minimum absolute atomic E-state index is 0.629. The highest BCUT2D eigenvalue weighted by atomic mass is 79.9. The number of aromatic nitrogens is 3. The van der Waals surface area contributed by atoms with Crippen molar-refractivity contribution < 1.29 is 0 Å². The van der Waals surface area contributed by atoms with Crippen LogP contribution in [-0.2, 0) is 5.33 Å². The molecular formula is C14H14BrN3. The standard InChI is InChI=1S/C14H14BrN3/c1-9-4-5-16-12(6-9)14-17-8-11(7-15)13(18-14)10-2-3-10/h4-6,8,10H,2-3,7H2,1H3. The summed E-state index contributed by atoms with van der Waals surface area (Å²) in [5.41, 5.74) is 4.44. The van der Waals surface area contributed by atoms with Gasteiger partial charge < -0.3 is 0 Å². The van der Waals surface area contributed by atoms with Crippen molar-refractivity contribution in [3.63, 3.8) is 0 Å². The van der Waals surface area contributed by atoms with Gasteiger partial charge in [-0.1, -0.05) is 15.9 Å². The molecule has 1 saturated carbocycles. The Morgan fingerprint density at radius 2 is 2.17 bits per heavy atom. The molecule has 3 rings (SSSR count). The van der Waals surface area contributed by atoms with Crippen LogP contribution in [0.3, 0.4) is 0 Å². The molecule has 2 heterocycles. The maximum atomic E-state index is 4.71. The molecule has 1 aliphatic carbocycles. The van der Waals surface area contributed by atoms with Gasteiger partial charge in [0.2, 0.25) is 0 Å². The zero-order valence-corrected chi connectivity index (χ0v) is 11.8. The van der Waals surface area contributed by atoms with Crippen molar-refractivity contribution in [2.24, 2.45) is 0 Å². The second-order valence-electron chi connectivity index (χ2n) is 4.73. The van der Waals surface area contributed by atoms with Crippen LogP contribution in [0, 0.1) is 6.92 Å². The fraction of sp³-hybridized carbons (Fsp3) is 0.357. The van der Waals surface area contributed by atoms with Crippen LogP contribution in [0.1, 0.15) is 35.6 Å². The third kappa shape index (κ3) is 2.29. The summed E-state index contributed by atoms with van der Waals surface area (Å²) >= 11 is 3.50. The molecule has 2 aromatic heterocycles. The number of alkyl halides is 1. The lowest BCUT2D eigenvalue weighted by Crippen LogP contribution is -2.00. The summed E-state index contributed by atoms with van der Waals surface area (Å²) in [6.07, 6.45) is 6.23.